The van der Waals surface area contributed by atoms with Gasteiger partial charge in [-0.05, 0) is 23.3 Å². The first-order valence-corrected chi connectivity index (χ1v) is 9.52. The summed E-state index contributed by atoms with van der Waals surface area (Å²) in [7, 11) is -3.99. The lowest BCUT2D eigenvalue weighted by molar-refractivity contribution is -0.692. The van der Waals surface area contributed by atoms with Crippen molar-refractivity contribution in [2.45, 2.75) is 6.54 Å². The molecule has 0 aliphatic carbocycles. The van der Waals surface area contributed by atoms with E-state index in [1.54, 1.807) is 29.1 Å². The lowest BCUT2D eigenvalue weighted by atomic mass is 10.1. The molecule has 0 bridgehead atoms. The van der Waals surface area contributed by atoms with Gasteiger partial charge in [0, 0.05) is 36.4 Å². The minimum absolute atomic E-state index is 0. The highest BCUT2D eigenvalue weighted by molar-refractivity contribution is 7.51. The second-order valence-electron chi connectivity index (χ2n) is 5.68. The average molecular weight is 431 g/mol. The second-order valence-corrected chi connectivity index (χ2v) is 7.46. The summed E-state index contributed by atoms with van der Waals surface area (Å²) < 4.78 is 27.5. The molecule has 3 rings (SSSR count). The standard InChI is InChI=1S/C18H16FN2O3P.2ClH/c19-17-1-3-18(4-2-17)21-11-7-16(8-12-21)15-5-9-20(10-6-15)13-14-25(22,23)24;;/h1-12H,13-14H2;2*1H. The van der Waals surface area contributed by atoms with Crippen LogP contribution in [0.25, 0.3) is 16.8 Å². The Morgan fingerprint density at radius 1 is 0.815 bits per heavy atom. The van der Waals surface area contributed by atoms with E-state index in [0.717, 1.165) is 16.8 Å². The van der Waals surface area contributed by atoms with E-state index < -0.39 is 7.60 Å². The molecule has 0 aliphatic rings. The Bertz CT molecular complexity index is 901. The van der Waals surface area contributed by atoms with Gasteiger partial charge in [0.05, 0.1) is 0 Å². The Balaban J connectivity index is 0.00000182. The summed E-state index contributed by atoms with van der Waals surface area (Å²) in [5.74, 6) is -0.266. The van der Waals surface area contributed by atoms with Crippen LogP contribution in [0.3, 0.4) is 0 Å². The molecule has 5 nitrogen and oxygen atoms in total. The molecule has 0 spiro atoms. The van der Waals surface area contributed by atoms with E-state index in [1.807, 2.05) is 41.2 Å². The van der Waals surface area contributed by atoms with E-state index in [1.165, 1.54) is 12.1 Å². The first-order valence-electron chi connectivity index (χ1n) is 7.72. The monoisotopic (exact) mass is 430 g/mol. The van der Waals surface area contributed by atoms with Crippen LogP contribution in [0.1, 0.15) is 0 Å². The summed E-state index contributed by atoms with van der Waals surface area (Å²) >= 11 is 0. The zero-order valence-electron chi connectivity index (χ0n) is 14.1. The smallest absolute Gasteiger partial charge is 0.331 e. The molecule has 0 radical (unpaired) electrons. The summed E-state index contributed by atoms with van der Waals surface area (Å²) in [5.41, 5.74) is 2.88. The van der Waals surface area contributed by atoms with Crippen molar-refractivity contribution < 1.29 is 52.7 Å². The van der Waals surface area contributed by atoms with Crippen LogP contribution in [0, 0.1) is 5.82 Å². The van der Waals surface area contributed by atoms with Crippen molar-refractivity contribution in [1.82, 2.24) is 0 Å². The Hall–Kier alpha value is -1.82. The number of hydrogen-bond acceptors (Lipinski definition) is 1. The van der Waals surface area contributed by atoms with Crippen LogP contribution >= 0.6 is 7.60 Å². The summed E-state index contributed by atoms with van der Waals surface area (Å²) in [6.45, 7) is 0.268. The first-order chi connectivity index (χ1) is 11.9. The van der Waals surface area contributed by atoms with Gasteiger partial charge in [-0.3, -0.25) is 4.57 Å². The molecular weight excluding hydrogens is 413 g/mol. The van der Waals surface area contributed by atoms with E-state index >= 15 is 0 Å². The Morgan fingerprint density at radius 2 is 1.30 bits per heavy atom. The fraction of sp³-hybridized carbons (Fsp3) is 0.111. The minimum atomic E-state index is -3.99. The SMILES string of the molecule is O=P(O)(O)CC[n+]1ccc(-c2cc[n+](-c3ccc(F)cc3)cc2)cc1.[Cl-].[Cl-]. The third-order valence-corrected chi connectivity index (χ3v) is 4.61. The highest BCUT2D eigenvalue weighted by Gasteiger charge is 2.16. The van der Waals surface area contributed by atoms with Crippen molar-refractivity contribution in [3.05, 3.63) is 79.1 Å². The highest BCUT2D eigenvalue weighted by atomic mass is 35.5. The normalized spacial score (nSPS) is 10.6. The number of aromatic nitrogens is 2. The lowest BCUT2D eigenvalue weighted by Gasteiger charge is -2.02. The summed E-state index contributed by atoms with van der Waals surface area (Å²) in [6, 6.07) is 14.0. The molecule has 0 fully saturated rings. The van der Waals surface area contributed by atoms with Crippen LogP contribution in [0.4, 0.5) is 4.39 Å². The van der Waals surface area contributed by atoms with Crippen molar-refractivity contribution in [3.8, 4) is 16.8 Å². The third-order valence-electron chi connectivity index (χ3n) is 3.83. The summed E-state index contributed by atoms with van der Waals surface area (Å²) in [5, 5.41) is 0. The molecule has 1 aromatic carbocycles. The molecule has 2 aromatic heterocycles. The van der Waals surface area contributed by atoms with Gasteiger partial charge in [0.25, 0.3) is 0 Å². The van der Waals surface area contributed by atoms with Gasteiger partial charge in [0.15, 0.2) is 31.3 Å². The van der Waals surface area contributed by atoms with Gasteiger partial charge in [0.2, 0.25) is 5.69 Å². The van der Waals surface area contributed by atoms with Gasteiger partial charge in [-0.15, -0.1) is 0 Å². The number of benzene rings is 1. The maximum absolute atomic E-state index is 13.0. The fourth-order valence-corrected chi connectivity index (χ4v) is 2.94. The molecule has 0 saturated carbocycles. The number of halogens is 3. The topological polar surface area (TPSA) is 65.3 Å². The quantitative estimate of drug-likeness (QED) is 0.323. The van der Waals surface area contributed by atoms with Crippen molar-refractivity contribution >= 4 is 7.60 Å². The molecule has 2 N–H and O–H groups in total. The molecule has 144 valence electrons. The van der Waals surface area contributed by atoms with Gasteiger partial charge in [0.1, 0.15) is 12.0 Å². The number of nitrogens with zero attached hydrogens (tertiary/aromatic N) is 2. The van der Waals surface area contributed by atoms with E-state index in [2.05, 4.69) is 0 Å². The largest absolute Gasteiger partial charge is 1.00 e. The third kappa shape index (κ3) is 6.69. The number of rotatable bonds is 5. The van der Waals surface area contributed by atoms with Crippen LogP contribution in [0.2, 0.25) is 0 Å². The van der Waals surface area contributed by atoms with Crippen LogP contribution < -0.4 is 33.9 Å². The molecule has 27 heavy (non-hydrogen) atoms. The molecule has 2 heterocycles. The zero-order valence-corrected chi connectivity index (χ0v) is 16.5. The van der Waals surface area contributed by atoms with Crippen molar-refractivity contribution in [2.24, 2.45) is 0 Å². The lowest BCUT2D eigenvalue weighted by Crippen LogP contribution is -3.00. The van der Waals surface area contributed by atoms with Gasteiger partial charge in [-0.25, -0.2) is 8.96 Å². The predicted octanol–water partition coefficient (Wildman–Crippen LogP) is -3.76. The van der Waals surface area contributed by atoms with Gasteiger partial charge < -0.3 is 34.6 Å². The van der Waals surface area contributed by atoms with Crippen LogP contribution in [0.15, 0.2) is 73.3 Å². The molecule has 9 heteroatoms. The van der Waals surface area contributed by atoms with Crippen molar-refractivity contribution in [3.63, 3.8) is 0 Å². The average Bonchev–Trinajstić information content (AvgIpc) is 2.61. The molecule has 0 saturated heterocycles. The maximum atomic E-state index is 13.0. The first kappa shape index (κ1) is 23.2. The van der Waals surface area contributed by atoms with Crippen LogP contribution in [-0.4, -0.2) is 15.9 Å². The van der Waals surface area contributed by atoms with Crippen molar-refractivity contribution in [2.75, 3.05) is 6.16 Å². The molecule has 3 aromatic rings. The maximum Gasteiger partial charge on any atom is 0.331 e. The Labute approximate surface area is 169 Å². The van der Waals surface area contributed by atoms with Gasteiger partial charge >= 0.3 is 7.60 Å². The zero-order chi connectivity index (χ0) is 17.9. The number of hydrogen-bond donors (Lipinski definition) is 2. The van der Waals surface area contributed by atoms with E-state index in [-0.39, 0.29) is 43.3 Å². The van der Waals surface area contributed by atoms with Gasteiger partial charge in [-0.1, -0.05) is 0 Å². The fourth-order valence-electron chi connectivity index (χ4n) is 2.45. The molecular formula is C18H18Cl2FN2O3P. The van der Waals surface area contributed by atoms with Crippen LogP contribution in [-0.2, 0) is 11.1 Å². The molecule has 0 amide bonds. The Morgan fingerprint density at radius 3 is 1.78 bits per heavy atom. The molecule has 0 aliphatic heterocycles. The number of pyridine rings is 2. The van der Waals surface area contributed by atoms with E-state index in [0.29, 0.717) is 0 Å². The molecule has 0 atom stereocenters. The molecule has 0 unspecified atom stereocenters. The van der Waals surface area contributed by atoms with E-state index in [9.17, 15) is 8.96 Å². The van der Waals surface area contributed by atoms with Crippen molar-refractivity contribution in [1.29, 1.82) is 0 Å². The summed E-state index contributed by atoms with van der Waals surface area (Å²) in [4.78, 5) is 17.8. The minimum Gasteiger partial charge on any atom is -1.00 e. The number of aryl methyl sites for hydroxylation is 1. The summed E-state index contributed by atoms with van der Waals surface area (Å²) in [6.07, 6.45) is 7.22. The van der Waals surface area contributed by atoms with Crippen LogP contribution in [0.5, 0.6) is 0 Å². The second kappa shape index (κ2) is 9.93. The van der Waals surface area contributed by atoms with E-state index in [4.69, 9.17) is 9.79 Å². The highest BCUT2D eigenvalue weighted by Crippen LogP contribution is 2.33. The Kier molecular flexibility index (Phi) is 8.54. The predicted molar refractivity (Wildman–Crippen MR) is 90.5 cm³/mol. The van der Waals surface area contributed by atoms with Gasteiger partial charge in [-0.2, -0.15) is 4.57 Å².